The smallest absolute Gasteiger partial charge is 0.303 e. The second-order valence-electron chi connectivity index (χ2n) is 4.51. The number of benzene rings is 1. The zero-order valence-corrected chi connectivity index (χ0v) is 12.9. The van der Waals surface area contributed by atoms with Gasteiger partial charge in [-0.05, 0) is 29.7 Å². The Morgan fingerprint density at radius 2 is 2.20 bits per heavy atom. The van der Waals surface area contributed by atoms with Crippen LogP contribution in [0.25, 0.3) is 6.08 Å². The molecule has 5 heteroatoms. The molecule has 2 N–H and O–H groups in total. The fraction of sp³-hybridized carbons (Fsp3) is 0.333. The van der Waals surface area contributed by atoms with Gasteiger partial charge in [-0.1, -0.05) is 41.4 Å². The lowest BCUT2D eigenvalue weighted by Crippen LogP contribution is -2.28. The van der Waals surface area contributed by atoms with E-state index in [1.165, 1.54) is 6.08 Å². The van der Waals surface area contributed by atoms with Crippen LogP contribution in [0, 0.1) is 5.92 Å². The molecule has 0 saturated heterocycles. The molecule has 1 amide bonds. The highest BCUT2D eigenvalue weighted by Gasteiger charge is 2.11. The molecule has 0 radical (unpaired) electrons. The third-order valence-corrected chi connectivity index (χ3v) is 3.37. The third-order valence-electron chi connectivity index (χ3n) is 2.88. The van der Waals surface area contributed by atoms with E-state index in [-0.39, 0.29) is 18.2 Å². The third kappa shape index (κ3) is 6.52. The van der Waals surface area contributed by atoms with Crippen molar-refractivity contribution in [3.63, 3.8) is 0 Å². The Kier molecular flexibility index (Phi) is 7.01. The minimum atomic E-state index is -0.837. The summed E-state index contributed by atoms with van der Waals surface area (Å²) in [4.78, 5) is 22.3. The summed E-state index contributed by atoms with van der Waals surface area (Å²) in [5.41, 5.74) is 0.923. The lowest BCUT2D eigenvalue weighted by molar-refractivity contribution is -0.138. The minimum Gasteiger partial charge on any atom is -0.481 e. The Hall–Kier alpha value is -1.62. The molecule has 0 aromatic heterocycles. The number of carboxylic acids is 1. The van der Waals surface area contributed by atoms with Gasteiger partial charge in [-0.3, -0.25) is 9.59 Å². The van der Waals surface area contributed by atoms with Gasteiger partial charge in [0.05, 0.1) is 0 Å². The molecule has 1 aromatic rings. The van der Waals surface area contributed by atoms with Gasteiger partial charge >= 0.3 is 5.97 Å². The largest absolute Gasteiger partial charge is 0.481 e. The Morgan fingerprint density at radius 3 is 2.80 bits per heavy atom. The van der Waals surface area contributed by atoms with Gasteiger partial charge in [0.1, 0.15) is 0 Å². The fourth-order valence-corrected chi connectivity index (χ4v) is 2.11. The van der Waals surface area contributed by atoms with Gasteiger partial charge in [-0.2, -0.15) is 0 Å². The van der Waals surface area contributed by atoms with Crippen molar-refractivity contribution in [2.24, 2.45) is 5.92 Å². The van der Waals surface area contributed by atoms with Gasteiger partial charge in [0.15, 0.2) is 0 Å². The fourth-order valence-electron chi connectivity index (χ4n) is 1.69. The summed E-state index contributed by atoms with van der Waals surface area (Å²) in [5.74, 6) is -1.08. The molecule has 1 unspecified atom stereocenters. The SMILES string of the molecule is CCC(CNC(=O)/C=C/c1cccc(Br)c1)CC(=O)O. The Balaban J connectivity index is 2.45. The van der Waals surface area contributed by atoms with Gasteiger partial charge in [0.2, 0.25) is 5.91 Å². The van der Waals surface area contributed by atoms with E-state index in [0.717, 1.165) is 16.5 Å². The lowest BCUT2D eigenvalue weighted by Gasteiger charge is -2.12. The highest BCUT2D eigenvalue weighted by Crippen LogP contribution is 2.12. The Bertz CT molecular complexity index is 500. The number of hydrogen-bond donors (Lipinski definition) is 2. The average molecular weight is 340 g/mol. The van der Waals surface area contributed by atoms with Crippen LogP contribution in [0.2, 0.25) is 0 Å². The van der Waals surface area contributed by atoms with E-state index in [0.29, 0.717) is 6.54 Å². The zero-order valence-electron chi connectivity index (χ0n) is 11.3. The van der Waals surface area contributed by atoms with E-state index in [4.69, 9.17) is 5.11 Å². The summed E-state index contributed by atoms with van der Waals surface area (Å²) in [6, 6.07) is 7.60. The number of hydrogen-bond acceptors (Lipinski definition) is 2. The quantitative estimate of drug-likeness (QED) is 0.750. The van der Waals surface area contributed by atoms with E-state index in [1.54, 1.807) is 6.08 Å². The van der Waals surface area contributed by atoms with Crippen molar-refractivity contribution < 1.29 is 14.7 Å². The van der Waals surface area contributed by atoms with Gasteiger partial charge in [-0.25, -0.2) is 0 Å². The molecule has 0 aliphatic carbocycles. The molecule has 108 valence electrons. The van der Waals surface area contributed by atoms with E-state index in [2.05, 4.69) is 21.2 Å². The first-order chi connectivity index (χ1) is 9.51. The highest BCUT2D eigenvalue weighted by atomic mass is 79.9. The number of halogens is 1. The standard InChI is InChI=1S/C15H18BrNO3/c1-2-11(9-15(19)20)10-17-14(18)7-6-12-4-3-5-13(16)8-12/h3-8,11H,2,9-10H2,1H3,(H,17,18)(H,19,20)/b7-6+. The van der Waals surface area contributed by atoms with E-state index in [9.17, 15) is 9.59 Å². The van der Waals surface area contributed by atoms with Gasteiger partial charge in [0.25, 0.3) is 0 Å². The number of carbonyl (C=O) groups is 2. The monoisotopic (exact) mass is 339 g/mol. The van der Waals surface area contributed by atoms with Gasteiger partial charge < -0.3 is 10.4 Å². The number of amides is 1. The van der Waals surface area contributed by atoms with Crippen LogP contribution in [0.4, 0.5) is 0 Å². The van der Waals surface area contributed by atoms with Crippen molar-refractivity contribution >= 4 is 33.9 Å². The lowest BCUT2D eigenvalue weighted by atomic mass is 10.0. The molecule has 1 rings (SSSR count). The van der Waals surface area contributed by atoms with Gasteiger partial charge in [0, 0.05) is 23.5 Å². The minimum absolute atomic E-state index is 0.0317. The molecule has 0 saturated carbocycles. The second-order valence-corrected chi connectivity index (χ2v) is 5.42. The van der Waals surface area contributed by atoms with Crippen molar-refractivity contribution in [3.05, 3.63) is 40.4 Å². The molecule has 0 bridgehead atoms. The normalized spacial score (nSPS) is 12.3. The molecular weight excluding hydrogens is 322 g/mol. The number of nitrogens with one attached hydrogen (secondary N) is 1. The first kappa shape index (κ1) is 16.4. The van der Waals surface area contributed by atoms with E-state index < -0.39 is 5.97 Å². The molecule has 0 heterocycles. The maximum absolute atomic E-state index is 11.7. The van der Waals surface area contributed by atoms with Gasteiger partial charge in [-0.15, -0.1) is 0 Å². The maximum atomic E-state index is 11.7. The van der Waals surface area contributed by atoms with Crippen LogP contribution in [0.15, 0.2) is 34.8 Å². The first-order valence-corrected chi connectivity index (χ1v) is 7.23. The topological polar surface area (TPSA) is 66.4 Å². The molecular formula is C15H18BrNO3. The molecule has 1 atom stereocenters. The Labute approximate surface area is 127 Å². The maximum Gasteiger partial charge on any atom is 0.303 e. The Morgan fingerprint density at radius 1 is 1.45 bits per heavy atom. The van der Waals surface area contributed by atoms with E-state index >= 15 is 0 Å². The summed E-state index contributed by atoms with van der Waals surface area (Å²) >= 11 is 3.36. The van der Waals surface area contributed by atoms with Crippen LogP contribution < -0.4 is 5.32 Å². The molecule has 4 nitrogen and oxygen atoms in total. The van der Waals surface area contributed by atoms with Crippen molar-refractivity contribution in [1.29, 1.82) is 0 Å². The molecule has 20 heavy (non-hydrogen) atoms. The summed E-state index contributed by atoms with van der Waals surface area (Å²) < 4.78 is 0.951. The number of carboxylic acid groups (broad SMARTS) is 1. The van der Waals surface area contributed by atoms with Crippen molar-refractivity contribution in [1.82, 2.24) is 5.32 Å². The zero-order chi connectivity index (χ0) is 15.0. The number of rotatable bonds is 7. The summed E-state index contributed by atoms with van der Waals surface area (Å²) in [5, 5.41) is 11.5. The molecule has 0 spiro atoms. The first-order valence-electron chi connectivity index (χ1n) is 6.44. The van der Waals surface area contributed by atoms with Crippen molar-refractivity contribution in [2.75, 3.05) is 6.54 Å². The van der Waals surface area contributed by atoms with Crippen LogP contribution >= 0.6 is 15.9 Å². The highest BCUT2D eigenvalue weighted by molar-refractivity contribution is 9.10. The number of aliphatic carboxylic acids is 1. The summed E-state index contributed by atoms with van der Waals surface area (Å²) in [6.07, 6.45) is 3.97. The predicted octanol–water partition coefficient (Wildman–Crippen LogP) is 3.08. The molecule has 0 fully saturated rings. The predicted molar refractivity (Wildman–Crippen MR) is 82.2 cm³/mol. The number of carbonyl (C=O) groups excluding carboxylic acids is 1. The van der Waals surface area contributed by atoms with Crippen molar-refractivity contribution in [2.45, 2.75) is 19.8 Å². The van der Waals surface area contributed by atoms with Crippen LogP contribution in [0.5, 0.6) is 0 Å². The average Bonchev–Trinajstić information content (AvgIpc) is 2.40. The second kappa shape index (κ2) is 8.53. The molecule has 0 aliphatic rings. The van der Waals surface area contributed by atoms with Crippen LogP contribution in [-0.4, -0.2) is 23.5 Å². The molecule has 1 aromatic carbocycles. The van der Waals surface area contributed by atoms with Crippen LogP contribution in [-0.2, 0) is 9.59 Å². The summed E-state index contributed by atoms with van der Waals surface area (Å²) in [6.45, 7) is 2.29. The van der Waals surface area contributed by atoms with Crippen molar-refractivity contribution in [3.8, 4) is 0 Å². The van der Waals surface area contributed by atoms with E-state index in [1.807, 2.05) is 31.2 Å². The summed E-state index contributed by atoms with van der Waals surface area (Å²) in [7, 11) is 0. The van der Waals surface area contributed by atoms with Crippen LogP contribution in [0.1, 0.15) is 25.3 Å². The molecule has 0 aliphatic heterocycles. The van der Waals surface area contributed by atoms with Crippen LogP contribution in [0.3, 0.4) is 0 Å².